The molecular formula is C38H39ClN2O7S. The van der Waals surface area contributed by atoms with Crippen molar-refractivity contribution in [3.63, 3.8) is 0 Å². The third-order valence-electron chi connectivity index (χ3n) is 7.72. The van der Waals surface area contributed by atoms with E-state index in [1.54, 1.807) is 56.9 Å². The van der Waals surface area contributed by atoms with Gasteiger partial charge in [0.15, 0.2) is 27.8 Å². The molecule has 0 unspecified atom stereocenters. The molecule has 4 aromatic rings. The first-order valence-electron chi connectivity index (χ1n) is 15.8. The molecule has 256 valence electrons. The summed E-state index contributed by atoms with van der Waals surface area (Å²) < 4.78 is 31.0. The SMILES string of the molecule is C=CCc1cc(/C=c2\sc3n(c2=O)[C@H](c2ccc(OC(C)C)c(OC)c2)C(C(=O)OCC)=C(C)N=3)cc(OC)c1OCc1ccc(Cl)cc1. The van der Waals surface area contributed by atoms with E-state index in [1.165, 1.54) is 11.3 Å². The van der Waals surface area contributed by atoms with Gasteiger partial charge in [-0.1, -0.05) is 47.2 Å². The minimum Gasteiger partial charge on any atom is -0.493 e. The third-order valence-corrected chi connectivity index (χ3v) is 8.95. The molecule has 9 nitrogen and oxygen atoms in total. The van der Waals surface area contributed by atoms with Gasteiger partial charge in [0.2, 0.25) is 0 Å². The van der Waals surface area contributed by atoms with E-state index in [4.69, 9.17) is 40.3 Å². The Labute approximate surface area is 294 Å². The number of carbonyl (C=O) groups excluding carboxylic acids is 1. The number of hydrogen-bond acceptors (Lipinski definition) is 9. The highest BCUT2D eigenvalue weighted by Gasteiger charge is 2.34. The van der Waals surface area contributed by atoms with Crippen LogP contribution in [0.25, 0.3) is 6.08 Å². The first-order chi connectivity index (χ1) is 23.6. The fraction of sp³-hybridized carbons (Fsp3) is 0.289. The number of hydrogen-bond donors (Lipinski definition) is 0. The van der Waals surface area contributed by atoms with E-state index in [2.05, 4.69) is 6.58 Å². The lowest BCUT2D eigenvalue weighted by atomic mass is 9.95. The number of fused-ring (bicyclic) bond motifs is 1. The van der Waals surface area contributed by atoms with Crippen LogP contribution in [-0.4, -0.2) is 37.5 Å². The van der Waals surface area contributed by atoms with Crippen LogP contribution in [-0.2, 0) is 22.6 Å². The van der Waals surface area contributed by atoms with Gasteiger partial charge in [-0.05, 0) is 93.3 Å². The molecule has 3 aromatic carbocycles. The van der Waals surface area contributed by atoms with E-state index in [9.17, 15) is 9.59 Å². The molecule has 0 radical (unpaired) electrons. The molecule has 0 saturated heterocycles. The van der Waals surface area contributed by atoms with Gasteiger partial charge in [0, 0.05) is 10.6 Å². The van der Waals surface area contributed by atoms with E-state index in [1.807, 2.05) is 56.3 Å². The second kappa shape index (κ2) is 15.6. The van der Waals surface area contributed by atoms with Gasteiger partial charge in [0.25, 0.3) is 5.56 Å². The summed E-state index contributed by atoms with van der Waals surface area (Å²) in [6.07, 6.45) is 4.01. The van der Waals surface area contributed by atoms with Crippen LogP contribution in [0.5, 0.6) is 23.0 Å². The lowest BCUT2D eigenvalue weighted by Crippen LogP contribution is -2.40. The quantitative estimate of drug-likeness (QED) is 0.115. The van der Waals surface area contributed by atoms with Crippen molar-refractivity contribution in [3.05, 3.63) is 125 Å². The zero-order valence-electron chi connectivity index (χ0n) is 28.4. The molecule has 1 atom stereocenters. The van der Waals surface area contributed by atoms with E-state index >= 15 is 0 Å². The van der Waals surface area contributed by atoms with E-state index < -0.39 is 12.0 Å². The fourth-order valence-corrected chi connectivity index (χ4v) is 6.76. The molecule has 1 aliphatic heterocycles. The van der Waals surface area contributed by atoms with Gasteiger partial charge < -0.3 is 23.7 Å². The predicted octanol–water partition coefficient (Wildman–Crippen LogP) is 6.56. The zero-order chi connectivity index (χ0) is 35.2. The van der Waals surface area contributed by atoms with Crippen molar-refractivity contribution in [2.75, 3.05) is 20.8 Å². The molecule has 0 bridgehead atoms. The summed E-state index contributed by atoms with van der Waals surface area (Å²) in [4.78, 5) is 32.8. The van der Waals surface area contributed by atoms with Gasteiger partial charge in [0.05, 0.1) is 48.8 Å². The smallest absolute Gasteiger partial charge is 0.338 e. The predicted molar refractivity (Wildman–Crippen MR) is 192 cm³/mol. The number of benzene rings is 3. The number of rotatable bonds is 13. The van der Waals surface area contributed by atoms with Gasteiger partial charge in [0.1, 0.15) is 6.61 Å². The molecule has 0 amide bonds. The molecule has 5 rings (SSSR count). The summed E-state index contributed by atoms with van der Waals surface area (Å²) in [6, 6.07) is 15.8. The topological polar surface area (TPSA) is 97.6 Å². The summed E-state index contributed by atoms with van der Waals surface area (Å²) in [5, 5.41) is 0.649. The molecule has 0 N–H and O–H groups in total. The van der Waals surface area contributed by atoms with Crippen molar-refractivity contribution < 1.29 is 28.5 Å². The zero-order valence-corrected chi connectivity index (χ0v) is 29.9. The summed E-state index contributed by atoms with van der Waals surface area (Å²) in [7, 11) is 3.12. The maximum Gasteiger partial charge on any atom is 0.338 e. The van der Waals surface area contributed by atoms with Gasteiger partial charge in [-0.3, -0.25) is 9.36 Å². The highest BCUT2D eigenvalue weighted by atomic mass is 35.5. The fourth-order valence-electron chi connectivity index (χ4n) is 5.59. The number of esters is 1. The molecule has 2 heterocycles. The van der Waals surface area contributed by atoms with E-state index in [-0.39, 0.29) is 23.8 Å². The van der Waals surface area contributed by atoms with Gasteiger partial charge in [-0.2, -0.15) is 0 Å². The van der Waals surface area contributed by atoms with Gasteiger partial charge in [-0.15, -0.1) is 6.58 Å². The standard InChI is InChI=1S/C38H39ClN2O7S/c1-8-10-27-17-25(18-31(45-7)35(27)47-21-24-11-14-28(39)15-12-24)19-32-36(42)41-34(26-13-16-29(48-22(3)4)30(20-26)44-6)33(37(43)46-9-2)23(5)40-38(41)49-32/h8,11-20,22,34H,1,9-10,21H2,2-7H3/b32-19-/t34-/m1/s1. The van der Waals surface area contributed by atoms with Crippen LogP contribution in [0, 0.1) is 0 Å². The van der Waals surface area contributed by atoms with Gasteiger partial charge >= 0.3 is 5.97 Å². The van der Waals surface area contributed by atoms with Crippen LogP contribution < -0.4 is 33.8 Å². The Morgan fingerprint density at radius 2 is 1.80 bits per heavy atom. The molecular weight excluding hydrogens is 664 g/mol. The Morgan fingerprint density at radius 3 is 2.45 bits per heavy atom. The number of methoxy groups -OCH3 is 2. The van der Waals surface area contributed by atoms with E-state index in [0.717, 1.165) is 16.7 Å². The number of ether oxygens (including phenoxy) is 5. The molecule has 0 aliphatic carbocycles. The minimum absolute atomic E-state index is 0.0793. The number of aromatic nitrogens is 1. The minimum atomic E-state index is -0.811. The van der Waals surface area contributed by atoms with Crippen LogP contribution in [0.3, 0.4) is 0 Å². The Hall–Kier alpha value is -4.80. The number of nitrogens with zero attached hydrogens (tertiary/aromatic N) is 2. The molecule has 0 fully saturated rings. The number of carbonyl (C=O) groups is 1. The maximum atomic E-state index is 14.3. The Bertz CT molecular complexity index is 2080. The molecule has 1 aliphatic rings. The van der Waals surface area contributed by atoms with Crippen molar-refractivity contribution in [2.24, 2.45) is 4.99 Å². The molecule has 0 spiro atoms. The van der Waals surface area contributed by atoms with E-state index in [0.29, 0.717) is 61.6 Å². The molecule has 0 saturated carbocycles. The lowest BCUT2D eigenvalue weighted by molar-refractivity contribution is -0.139. The molecule has 11 heteroatoms. The highest BCUT2D eigenvalue weighted by molar-refractivity contribution is 7.07. The normalized spacial score (nSPS) is 14.3. The first kappa shape index (κ1) is 35.5. The monoisotopic (exact) mass is 702 g/mol. The van der Waals surface area contributed by atoms with Crippen LogP contribution in [0.15, 0.2) is 88.3 Å². The second-order valence-corrected chi connectivity index (χ2v) is 12.9. The van der Waals surface area contributed by atoms with Crippen molar-refractivity contribution in [1.29, 1.82) is 0 Å². The Kier molecular flexibility index (Phi) is 11.3. The third kappa shape index (κ3) is 7.76. The summed E-state index contributed by atoms with van der Waals surface area (Å²) in [6.45, 7) is 11.7. The molecule has 49 heavy (non-hydrogen) atoms. The lowest BCUT2D eigenvalue weighted by Gasteiger charge is -2.25. The van der Waals surface area contributed by atoms with Crippen molar-refractivity contribution in [2.45, 2.75) is 52.9 Å². The molecule has 1 aromatic heterocycles. The number of allylic oxidation sites excluding steroid dienone is 2. The van der Waals surface area contributed by atoms with Crippen LogP contribution in [0.2, 0.25) is 5.02 Å². The second-order valence-electron chi connectivity index (χ2n) is 11.5. The number of halogens is 1. The van der Waals surface area contributed by atoms with Crippen LogP contribution >= 0.6 is 22.9 Å². The Morgan fingerprint density at radius 1 is 1.06 bits per heavy atom. The first-order valence-corrected chi connectivity index (χ1v) is 17.0. The summed E-state index contributed by atoms with van der Waals surface area (Å²) >= 11 is 7.28. The summed E-state index contributed by atoms with van der Waals surface area (Å²) in [5.41, 5.74) is 3.61. The average molecular weight is 703 g/mol. The largest absolute Gasteiger partial charge is 0.493 e. The average Bonchev–Trinajstić information content (AvgIpc) is 3.37. The highest BCUT2D eigenvalue weighted by Crippen LogP contribution is 2.37. The maximum absolute atomic E-state index is 14.3. The van der Waals surface area contributed by atoms with Gasteiger partial charge in [-0.25, -0.2) is 9.79 Å². The Balaban J connectivity index is 1.62. The van der Waals surface area contributed by atoms with Crippen molar-refractivity contribution >= 4 is 35.0 Å². The van der Waals surface area contributed by atoms with Crippen molar-refractivity contribution in [1.82, 2.24) is 4.57 Å². The van der Waals surface area contributed by atoms with Crippen molar-refractivity contribution in [3.8, 4) is 23.0 Å². The number of thiazole rings is 1. The summed E-state index contributed by atoms with van der Waals surface area (Å²) in [5.74, 6) is 1.59. The van der Waals surface area contributed by atoms with Crippen LogP contribution in [0.4, 0.5) is 0 Å². The van der Waals surface area contributed by atoms with Crippen LogP contribution in [0.1, 0.15) is 56.0 Å².